The summed E-state index contributed by atoms with van der Waals surface area (Å²) in [6.45, 7) is 12.3. The highest BCUT2D eigenvalue weighted by Crippen LogP contribution is 2.38. The van der Waals surface area contributed by atoms with E-state index in [-0.39, 0.29) is 11.3 Å². The predicted octanol–water partition coefficient (Wildman–Crippen LogP) is 3.85. The van der Waals surface area contributed by atoms with Gasteiger partial charge in [0.2, 0.25) is 0 Å². The first-order valence-electron chi connectivity index (χ1n) is 10.6. The van der Waals surface area contributed by atoms with Gasteiger partial charge in [-0.15, -0.1) is 0 Å². The third-order valence-corrected chi connectivity index (χ3v) is 6.21. The number of hydrogen-bond donors (Lipinski definition) is 1. The minimum Gasteiger partial charge on any atom is -0.360 e. The zero-order valence-corrected chi connectivity index (χ0v) is 18.4. The molecule has 1 amide bonds. The van der Waals surface area contributed by atoms with Gasteiger partial charge in [-0.05, 0) is 38.0 Å². The predicted molar refractivity (Wildman–Crippen MR) is 113 cm³/mol. The van der Waals surface area contributed by atoms with Crippen LogP contribution in [0.1, 0.15) is 67.2 Å². The Morgan fingerprint density at radius 1 is 1.30 bits per heavy atom. The summed E-state index contributed by atoms with van der Waals surface area (Å²) in [5.74, 6) is 1.11. The molecule has 8 nitrogen and oxygen atoms in total. The number of hydrogen-bond acceptors (Lipinski definition) is 5. The molecule has 0 bridgehead atoms. The first-order chi connectivity index (χ1) is 14.3. The summed E-state index contributed by atoms with van der Waals surface area (Å²) in [6, 6.07) is 0. The molecule has 1 N–H and O–H groups in total. The SMILES string of the molecule is CCn1ncc(Cn2cc(NC(=O)c3noc4c3CC(C(C)(C)C)CC4)cn2)c1C. The van der Waals surface area contributed by atoms with Crippen LogP contribution in [0.3, 0.4) is 0 Å². The number of aryl methyl sites for hydroxylation is 2. The van der Waals surface area contributed by atoms with Gasteiger partial charge in [-0.2, -0.15) is 10.2 Å². The zero-order chi connectivity index (χ0) is 21.5. The van der Waals surface area contributed by atoms with Crippen LogP contribution < -0.4 is 5.32 Å². The number of nitrogens with zero attached hydrogens (tertiary/aromatic N) is 5. The van der Waals surface area contributed by atoms with E-state index >= 15 is 0 Å². The molecule has 0 saturated carbocycles. The van der Waals surface area contributed by atoms with E-state index in [1.165, 1.54) is 0 Å². The number of carbonyl (C=O) groups excluding carboxylic acids is 1. The first-order valence-corrected chi connectivity index (χ1v) is 10.6. The average Bonchev–Trinajstić information content (AvgIpc) is 3.40. The molecular weight excluding hydrogens is 380 g/mol. The largest absolute Gasteiger partial charge is 0.360 e. The Morgan fingerprint density at radius 3 is 2.80 bits per heavy atom. The molecule has 1 atom stereocenters. The molecule has 0 aromatic carbocycles. The fourth-order valence-electron chi connectivity index (χ4n) is 4.16. The molecule has 0 aliphatic heterocycles. The summed E-state index contributed by atoms with van der Waals surface area (Å²) >= 11 is 0. The summed E-state index contributed by atoms with van der Waals surface area (Å²) in [5, 5.41) is 15.7. The first kappa shape index (κ1) is 20.4. The van der Waals surface area contributed by atoms with Crippen molar-refractivity contribution >= 4 is 11.6 Å². The van der Waals surface area contributed by atoms with Crippen molar-refractivity contribution in [3.63, 3.8) is 0 Å². The molecule has 1 unspecified atom stereocenters. The maximum atomic E-state index is 12.9. The van der Waals surface area contributed by atoms with Crippen LogP contribution in [0.4, 0.5) is 5.69 Å². The van der Waals surface area contributed by atoms with Gasteiger partial charge in [0, 0.05) is 36.0 Å². The number of carbonyl (C=O) groups is 1. The molecule has 30 heavy (non-hydrogen) atoms. The number of rotatable bonds is 5. The van der Waals surface area contributed by atoms with Crippen LogP contribution in [0.25, 0.3) is 0 Å². The molecule has 3 aromatic rings. The lowest BCUT2D eigenvalue weighted by atomic mass is 9.71. The van der Waals surface area contributed by atoms with Crippen LogP contribution in [0.2, 0.25) is 0 Å². The van der Waals surface area contributed by atoms with Gasteiger partial charge in [0.05, 0.1) is 24.6 Å². The summed E-state index contributed by atoms with van der Waals surface area (Å²) in [5.41, 5.74) is 4.41. The van der Waals surface area contributed by atoms with E-state index in [0.717, 1.165) is 48.4 Å². The molecule has 3 aromatic heterocycles. The fraction of sp³-hybridized carbons (Fsp3) is 0.545. The molecule has 0 radical (unpaired) electrons. The fourth-order valence-corrected chi connectivity index (χ4v) is 4.16. The average molecular weight is 411 g/mol. The highest BCUT2D eigenvalue weighted by atomic mass is 16.5. The van der Waals surface area contributed by atoms with Crippen molar-refractivity contribution < 1.29 is 9.32 Å². The van der Waals surface area contributed by atoms with E-state index in [1.54, 1.807) is 10.9 Å². The van der Waals surface area contributed by atoms with Crippen LogP contribution >= 0.6 is 0 Å². The maximum Gasteiger partial charge on any atom is 0.278 e. The van der Waals surface area contributed by atoms with Crippen molar-refractivity contribution in [2.75, 3.05) is 5.32 Å². The normalized spacial score (nSPS) is 16.5. The number of anilines is 1. The monoisotopic (exact) mass is 410 g/mol. The lowest BCUT2D eigenvalue weighted by Crippen LogP contribution is -2.27. The van der Waals surface area contributed by atoms with Crippen molar-refractivity contribution in [3.05, 3.63) is 46.9 Å². The molecule has 0 spiro atoms. The second-order valence-electron chi connectivity index (χ2n) is 9.19. The Bertz CT molecular complexity index is 1050. The van der Waals surface area contributed by atoms with Crippen molar-refractivity contribution in [3.8, 4) is 0 Å². The Kier molecular flexibility index (Phi) is 5.26. The van der Waals surface area contributed by atoms with Crippen molar-refractivity contribution in [1.29, 1.82) is 0 Å². The maximum absolute atomic E-state index is 12.9. The van der Waals surface area contributed by atoms with Gasteiger partial charge in [-0.3, -0.25) is 14.2 Å². The second-order valence-corrected chi connectivity index (χ2v) is 9.19. The quantitative estimate of drug-likeness (QED) is 0.690. The summed E-state index contributed by atoms with van der Waals surface area (Å²) < 4.78 is 9.23. The third-order valence-electron chi connectivity index (χ3n) is 6.21. The van der Waals surface area contributed by atoms with Crippen molar-refractivity contribution in [2.24, 2.45) is 11.3 Å². The second kappa shape index (κ2) is 7.74. The van der Waals surface area contributed by atoms with Crippen LogP contribution in [0.15, 0.2) is 23.1 Å². The van der Waals surface area contributed by atoms with Gasteiger partial charge >= 0.3 is 0 Å². The van der Waals surface area contributed by atoms with Crippen LogP contribution in [0, 0.1) is 18.3 Å². The van der Waals surface area contributed by atoms with Crippen LogP contribution in [-0.4, -0.2) is 30.6 Å². The number of nitrogens with one attached hydrogen (secondary N) is 1. The summed E-state index contributed by atoms with van der Waals surface area (Å²) in [7, 11) is 0. The van der Waals surface area contributed by atoms with Crippen LogP contribution in [0.5, 0.6) is 0 Å². The highest BCUT2D eigenvalue weighted by molar-refractivity contribution is 6.03. The molecule has 1 aliphatic rings. The van der Waals surface area contributed by atoms with Crippen molar-refractivity contribution in [2.45, 2.75) is 67.0 Å². The molecule has 160 valence electrons. The molecule has 0 saturated heterocycles. The highest BCUT2D eigenvalue weighted by Gasteiger charge is 2.34. The van der Waals surface area contributed by atoms with Crippen molar-refractivity contribution in [1.82, 2.24) is 24.7 Å². The van der Waals surface area contributed by atoms with E-state index in [0.29, 0.717) is 23.8 Å². The summed E-state index contributed by atoms with van der Waals surface area (Å²) in [4.78, 5) is 12.9. The zero-order valence-electron chi connectivity index (χ0n) is 18.4. The number of aromatic nitrogens is 5. The standard InChI is InChI=1S/C22H30N6O2/c1-6-28-14(2)15(10-24-28)12-27-13-17(11-23-27)25-21(29)20-18-9-16(22(3,4)5)7-8-19(18)30-26-20/h10-11,13,16H,6-9,12H2,1-5H3,(H,25,29). The lowest BCUT2D eigenvalue weighted by Gasteiger charge is -2.33. The van der Waals surface area contributed by atoms with Gasteiger partial charge in [-0.1, -0.05) is 25.9 Å². The van der Waals surface area contributed by atoms with Gasteiger partial charge < -0.3 is 9.84 Å². The van der Waals surface area contributed by atoms with E-state index < -0.39 is 0 Å². The summed E-state index contributed by atoms with van der Waals surface area (Å²) in [6.07, 6.45) is 8.07. The smallest absolute Gasteiger partial charge is 0.278 e. The molecule has 8 heteroatoms. The Balaban J connectivity index is 1.46. The van der Waals surface area contributed by atoms with E-state index in [9.17, 15) is 4.79 Å². The minimum absolute atomic E-state index is 0.188. The van der Waals surface area contributed by atoms with Crippen LogP contribution in [-0.2, 0) is 25.9 Å². The molecular formula is C22H30N6O2. The lowest BCUT2D eigenvalue weighted by molar-refractivity contribution is 0.101. The number of amides is 1. The van der Waals surface area contributed by atoms with Gasteiger partial charge in [-0.25, -0.2) is 0 Å². The van der Waals surface area contributed by atoms with Gasteiger partial charge in [0.25, 0.3) is 5.91 Å². The van der Waals surface area contributed by atoms with Gasteiger partial charge in [0.15, 0.2) is 5.69 Å². The van der Waals surface area contributed by atoms with E-state index in [2.05, 4.69) is 55.3 Å². The molecule has 1 aliphatic carbocycles. The molecule has 0 fully saturated rings. The van der Waals surface area contributed by atoms with E-state index in [4.69, 9.17) is 4.52 Å². The molecule has 3 heterocycles. The molecule has 4 rings (SSSR count). The Hall–Kier alpha value is -2.90. The topological polar surface area (TPSA) is 90.8 Å². The third kappa shape index (κ3) is 3.91. The minimum atomic E-state index is -0.246. The van der Waals surface area contributed by atoms with E-state index in [1.807, 2.05) is 17.1 Å². The number of fused-ring (bicyclic) bond motifs is 1. The Morgan fingerprint density at radius 2 is 2.10 bits per heavy atom. The van der Waals surface area contributed by atoms with Gasteiger partial charge in [0.1, 0.15) is 5.76 Å². The Labute approximate surface area is 176 Å².